The Bertz CT molecular complexity index is 1210. The van der Waals surface area contributed by atoms with Crippen LogP contribution in [0.3, 0.4) is 0 Å². The number of alkyl halides is 2. The molecule has 0 spiro atoms. The number of carbonyl (C=O) groups excluding carboxylic acids is 5. The van der Waals surface area contributed by atoms with Gasteiger partial charge in [0.25, 0.3) is 0 Å². The lowest BCUT2D eigenvalue weighted by Crippen LogP contribution is -2.71. The van der Waals surface area contributed by atoms with Crippen LogP contribution in [0.25, 0.3) is 0 Å². The van der Waals surface area contributed by atoms with Crippen LogP contribution in [0.2, 0.25) is 0 Å². The molecule has 2 fully saturated rings. The lowest BCUT2D eigenvalue weighted by molar-refractivity contribution is -0.234. The summed E-state index contributed by atoms with van der Waals surface area (Å²) in [6.07, 6.45) is -2.84. The van der Waals surface area contributed by atoms with Crippen molar-refractivity contribution in [1.82, 2.24) is 0 Å². The second-order valence-electron chi connectivity index (χ2n) is 11.7. The first-order valence-corrected chi connectivity index (χ1v) is 13.0. The number of ketones is 2. The van der Waals surface area contributed by atoms with Gasteiger partial charge in [0.1, 0.15) is 11.9 Å². The van der Waals surface area contributed by atoms with E-state index >= 15 is 13.2 Å². The number of carbonyl (C=O) groups is 5. The number of fused-ring (bicyclic) bond motifs is 5. The number of halogens is 3. The van der Waals surface area contributed by atoms with E-state index in [2.05, 4.69) is 0 Å². The van der Waals surface area contributed by atoms with Crippen molar-refractivity contribution in [3.63, 3.8) is 0 Å². The summed E-state index contributed by atoms with van der Waals surface area (Å²) in [5.41, 5.74) is -8.49. The van der Waals surface area contributed by atoms with E-state index in [9.17, 15) is 24.0 Å². The van der Waals surface area contributed by atoms with Crippen molar-refractivity contribution in [1.29, 1.82) is 0 Å². The second kappa shape index (κ2) is 9.30. The van der Waals surface area contributed by atoms with Crippen LogP contribution in [0.1, 0.15) is 60.8 Å². The van der Waals surface area contributed by atoms with Crippen molar-refractivity contribution in [3.05, 3.63) is 23.6 Å². The first-order chi connectivity index (χ1) is 18.0. The summed E-state index contributed by atoms with van der Waals surface area (Å²) < 4.78 is 65.0. The van der Waals surface area contributed by atoms with E-state index < -0.39 is 106 Å². The molecule has 4 aliphatic carbocycles. The molecule has 39 heavy (non-hydrogen) atoms. The Morgan fingerprint density at radius 1 is 1.05 bits per heavy atom. The highest BCUT2D eigenvalue weighted by Gasteiger charge is 2.79. The molecule has 4 rings (SSSR count). The van der Waals surface area contributed by atoms with Crippen molar-refractivity contribution < 1.29 is 51.4 Å². The van der Waals surface area contributed by atoms with E-state index in [-0.39, 0.29) is 12.8 Å². The molecule has 0 aromatic heterocycles. The standard InChI is InChI=1S/C28H33F3O8/c1-13-9-17-18-10-19(29)23-24(30)20(35)7-8-25(23,5)27(18,31)22(38-15(3)33)11-26(17,6)28(13,39-16(4)34)21(36)12-37-14(2)32/h7-8,13,17-18,22,24H,9-12H2,1-6H3/t13?,17-,18-,22?,24?,25-,26-,27-,28-/m0/s1. The molecule has 0 aromatic carbocycles. The van der Waals surface area contributed by atoms with Crippen molar-refractivity contribution >= 4 is 29.5 Å². The van der Waals surface area contributed by atoms with Gasteiger partial charge in [-0.3, -0.25) is 24.0 Å². The average molecular weight is 555 g/mol. The highest BCUT2D eigenvalue weighted by atomic mass is 19.2. The average Bonchev–Trinajstić information content (AvgIpc) is 3.03. The molecule has 0 radical (unpaired) electrons. The largest absolute Gasteiger partial charge is 0.459 e. The smallest absolute Gasteiger partial charge is 0.303 e. The maximum absolute atomic E-state index is 17.9. The third-order valence-corrected chi connectivity index (χ3v) is 9.64. The number of hydrogen-bond donors (Lipinski definition) is 0. The minimum atomic E-state index is -2.57. The van der Waals surface area contributed by atoms with Crippen molar-refractivity contribution in [2.75, 3.05) is 6.61 Å². The minimum Gasteiger partial charge on any atom is -0.459 e. The van der Waals surface area contributed by atoms with Gasteiger partial charge in [-0.05, 0) is 31.8 Å². The first kappa shape index (κ1) is 29.0. The van der Waals surface area contributed by atoms with Crippen LogP contribution in [0, 0.1) is 28.6 Å². The monoisotopic (exact) mass is 554 g/mol. The molecule has 0 saturated heterocycles. The molecule has 0 aliphatic heterocycles. The van der Waals surface area contributed by atoms with Crippen molar-refractivity contribution in [2.45, 2.75) is 84.4 Å². The molecular formula is C28H33F3O8. The summed E-state index contributed by atoms with van der Waals surface area (Å²) in [6.45, 7) is 7.09. The van der Waals surface area contributed by atoms with Gasteiger partial charge in [-0.25, -0.2) is 13.2 Å². The van der Waals surface area contributed by atoms with E-state index in [0.29, 0.717) is 0 Å². The number of hydrogen-bond acceptors (Lipinski definition) is 8. The van der Waals surface area contributed by atoms with Gasteiger partial charge in [0.05, 0.1) is 5.41 Å². The zero-order chi connectivity index (χ0) is 29.3. The SMILES string of the molecule is CC(=O)OCC(=O)[C@@]1(OC(C)=O)C(C)C[C@H]2[C@@H]3CC(F)=C4C(F)C(=O)C=C[C@]4(C)[C@@]3(F)C(OC(C)=O)C[C@@]21C. The predicted molar refractivity (Wildman–Crippen MR) is 129 cm³/mol. The number of Topliss-reactive ketones (excluding diaryl/α,β-unsaturated/α-hetero) is 1. The van der Waals surface area contributed by atoms with Gasteiger partial charge in [0.15, 0.2) is 29.8 Å². The van der Waals surface area contributed by atoms with Crippen LogP contribution in [-0.2, 0) is 38.2 Å². The number of ether oxygens (including phenoxy) is 3. The molecule has 8 nitrogen and oxygen atoms in total. The summed E-state index contributed by atoms with van der Waals surface area (Å²) in [7, 11) is 0. The fourth-order valence-corrected chi connectivity index (χ4v) is 8.21. The summed E-state index contributed by atoms with van der Waals surface area (Å²) in [5, 5.41) is 0. The molecule has 214 valence electrons. The maximum atomic E-state index is 17.9. The summed E-state index contributed by atoms with van der Waals surface area (Å²) >= 11 is 0. The summed E-state index contributed by atoms with van der Waals surface area (Å²) in [4.78, 5) is 62.0. The Morgan fingerprint density at radius 3 is 2.26 bits per heavy atom. The number of rotatable bonds is 5. The fourth-order valence-electron chi connectivity index (χ4n) is 8.21. The number of allylic oxidation sites excluding steroid dienone is 4. The van der Waals surface area contributed by atoms with E-state index in [1.807, 2.05) is 0 Å². The lowest BCUT2D eigenvalue weighted by Gasteiger charge is -2.62. The molecule has 4 aliphatic rings. The Morgan fingerprint density at radius 2 is 1.69 bits per heavy atom. The highest BCUT2D eigenvalue weighted by Crippen LogP contribution is 2.72. The van der Waals surface area contributed by atoms with Gasteiger partial charge >= 0.3 is 17.9 Å². The maximum Gasteiger partial charge on any atom is 0.303 e. The summed E-state index contributed by atoms with van der Waals surface area (Å²) in [6, 6.07) is 0. The van der Waals surface area contributed by atoms with Crippen LogP contribution < -0.4 is 0 Å². The first-order valence-electron chi connectivity index (χ1n) is 13.0. The van der Waals surface area contributed by atoms with Crippen LogP contribution in [0.5, 0.6) is 0 Å². The third-order valence-electron chi connectivity index (χ3n) is 9.64. The summed E-state index contributed by atoms with van der Waals surface area (Å²) in [5.74, 6) is -7.90. The molecule has 0 amide bonds. The predicted octanol–water partition coefficient (Wildman–Crippen LogP) is 3.85. The lowest BCUT2D eigenvalue weighted by atomic mass is 9.45. The van der Waals surface area contributed by atoms with E-state index in [1.165, 1.54) is 6.92 Å². The van der Waals surface area contributed by atoms with Gasteiger partial charge in [-0.15, -0.1) is 0 Å². The van der Waals surface area contributed by atoms with Crippen LogP contribution >= 0.6 is 0 Å². The Kier molecular flexibility index (Phi) is 6.92. The van der Waals surface area contributed by atoms with E-state index in [1.54, 1.807) is 13.8 Å². The third kappa shape index (κ3) is 3.82. The Balaban J connectivity index is 1.95. The van der Waals surface area contributed by atoms with Crippen LogP contribution in [-0.4, -0.2) is 59.6 Å². The molecule has 2 saturated carbocycles. The zero-order valence-electron chi connectivity index (χ0n) is 22.8. The molecule has 0 aromatic rings. The molecule has 0 heterocycles. The van der Waals surface area contributed by atoms with Gasteiger partial charge in [-0.1, -0.05) is 19.9 Å². The Hall–Kier alpha value is -2.98. The van der Waals surface area contributed by atoms with Crippen LogP contribution in [0.4, 0.5) is 13.2 Å². The molecule has 0 N–H and O–H groups in total. The van der Waals surface area contributed by atoms with Gasteiger partial charge in [0, 0.05) is 50.0 Å². The molecule has 9 atom stereocenters. The minimum absolute atomic E-state index is 0.110. The van der Waals surface area contributed by atoms with Gasteiger partial charge in [-0.2, -0.15) is 0 Å². The van der Waals surface area contributed by atoms with Gasteiger partial charge in [0.2, 0.25) is 5.78 Å². The van der Waals surface area contributed by atoms with Crippen molar-refractivity contribution in [3.8, 4) is 0 Å². The number of esters is 3. The quantitative estimate of drug-likeness (QED) is 0.372. The zero-order valence-corrected chi connectivity index (χ0v) is 22.8. The highest BCUT2D eigenvalue weighted by molar-refractivity contribution is 5.98. The van der Waals surface area contributed by atoms with Gasteiger partial charge < -0.3 is 14.2 Å². The van der Waals surface area contributed by atoms with E-state index in [0.717, 1.165) is 32.9 Å². The normalized spacial score (nSPS) is 42.7. The fraction of sp³-hybridized carbons (Fsp3) is 0.679. The molecule has 0 bridgehead atoms. The van der Waals surface area contributed by atoms with Crippen molar-refractivity contribution in [2.24, 2.45) is 28.6 Å². The van der Waals surface area contributed by atoms with E-state index in [4.69, 9.17) is 14.2 Å². The topological polar surface area (TPSA) is 113 Å². The Labute approximate surface area is 224 Å². The molecular weight excluding hydrogens is 521 g/mol. The molecule has 11 heteroatoms. The molecule has 3 unspecified atom stereocenters. The van der Waals surface area contributed by atoms with Crippen LogP contribution in [0.15, 0.2) is 23.6 Å². The second-order valence-corrected chi connectivity index (χ2v) is 11.7.